The van der Waals surface area contributed by atoms with Gasteiger partial charge in [-0.1, -0.05) is 11.6 Å². The fraction of sp³-hybridized carbons (Fsp3) is 0.467. The van der Waals surface area contributed by atoms with Crippen LogP contribution in [0.25, 0.3) is 0 Å². The van der Waals surface area contributed by atoms with E-state index in [-0.39, 0.29) is 35.3 Å². The highest BCUT2D eigenvalue weighted by molar-refractivity contribution is 7.92. The van der Waals surface area contributed by atoms with Gasteiger partial charge >= 0.3 is 0 Å². The zero-order chi connectivity index (χ0) is 17.4. The molecule has 1 aliphatic carbocycles. The van der Waals surface area contributed by atoms with Gasteiger partial charge < -0.3 is 0 Å². The second-order valence-electron chi connectivity index (χ2n) is 5.53. The molecular formula is C15H17ClFNO4S. The highest BCUT2D eigenvalue weighted by atomic mass is 35.5. The van der Waals surface area contributed by atoms with Crippen molar-refractivity contribution in [1.82, 2.24) is 0 Å². The van der Waals surface area contributed by atoms with Crippen LogP contribution in [0.4, 0.5) is 10.1 Å². The largest absolute Gasteiger partial charge is 0.299 e. The lowest BCUT2D eigenvalue weighted by atomic mass is 10.0. The molecule has 1 aromatic carbocycles. The number of sulfonamides is 1. The molecule has 0 N–H and O–H groups in total. The van der Waals surface area contributed by atoms with E-state index in [4.69, 9.17) is 11.6 Å². The molecule has 0 amide bonds. The molecule has 1 aromatic rings. The van der Waals surface area contributed by atoms with E-state index in [9.17, 15) is 22.4 Å². The van der Waals surface area contributed by atoms with E-state index >= 15 is 0 Å². The maximum atomic E-state index is 14.4. The van der Waals surface area contributed by atoms with Gasteiger partial charge in [0.05, 0.1) is 23.4 Å². The van der Waals surface area contributed by atoms with E-state index in [1.165, 1.54) is 19.1 Å². The van der Waals surface area contributed by atoms with Gasteiger partial charge in [-0.15, -0.1) is 0 Å². The summed E-state index contributed by atoms with van der Waals surface area (Å²) in [6.07, 6.45) is 2.08. The minimum Gasteiger partial charge on any atom is -0.299 e. The molecule has 1 saturated carbocycles. The maximum absolute atomic E-state index is 14.4. The topological polar surface area (TPSA) is 71.5 Å². The van der Waals surface area contributed by atoms with Crippen LogP contribution < -0.4 is 4.31 Å². The minimum absolute atomic E-state index is 0.0626. The molecule has 0 spiro atoms. The van der Waals surface area contributed by atoms with Crippen LogP contribution in [-0.4, -0.2) is 32.8 Å². The Bertz CT molecular complexity index is 759. The van der Waals surface area contributed by atoms with Crippen LogP contribution >= 0.6 is 11.6 Å². The monoisotopic (exact) mass is 361 g/mol. The number of hydrogen-bond donors (Lipinski definition) is 0. The molecular weight excluding hydrogens is 345 g/mol. The third-order valence-corrected chi connectivity index (χ3v) is 5.21. The molecule has 0 unspecified atom stereocenters. The molecule has 5 nitrogen and oxygen atoms in total. The number of carbonyl (C=O) groups is 2. The smallest absolute Gasteiger partial charge is 0.232 e. The Hall–Kier alpha value is -1.47. The van der Waals surface area contributed by atoms with Gasteiger partial charge in [0.2, 0.25) is 10.0 Å². The summed E-state index contributed by atoms with van der Waals surface area (Å²) < 4.78 is 39.0. The van der Waals surface area contributed by atoms with Gasteiger partial charge in [-0.05, 0) is 31.9 Å². The predicted octanol–water partition coefficient (Wildman–Crippen LogP) is 2.82. The Morgan fingerprint density at radius 2 is 1.96 bits per heavy atom. The molecule has 0 saturated heterocycles. The van der Waals surface area contributed by atoms with Crippen LogP contribution in [0.3, 0.4) is 0 Å². The van der Waals surface area contributed by atoms with Crippen molar-refractivity contribution in [2.24, 2.45) is 5.92 Å². The van der Waals surface area contributed by atoms with E-state index in [2.05, 4.69) is 0 Å². The third kappa shape index (κ3) is 3.90. The number of rotatable bonds is 7. The Morgan fingerprint density at radius 1 is 1.35 bits per heavy atom. The van der Waals surface area contributed by atoms with E-state index < -0.39 is 27.3 Å². The summed E-state index contributed by atoms with van der Waals surface area (Å²) in [5.74, 6) is -1.88. The summed E-state index contributed by atoms with van der Waals surface area (Å²) in [7, 11) is -3.80. The molecule has 0 aliphatic heterocycles. The first-order valence-corrected chi connectivity index (χ1v) is 9.41. The standard InChI is InChI=1S/C15H17ClFNO4S/c1-3-18(23(2,21)22)15-10(6-7-11(16)14(15)17)13(20)8-12(19)9-4-5-9/h6-7,9H,3-5,8H2,1-2H3. The Labute approximate surface area is 139 Å². The van der Waals surface area contributed by atoms with Crippen LogP contribution in [0.1, 0.15) is 36.5 Å². The first-order valence-electron chi connectivity index (χ1n) is 7.18. The van der Waals surface area contributed by atoms with Crippen molar-refractivity contribution < 1.29 is 22.4 Å². The first kappa shape index (κ1) is 17.9. The van der Waals surface area contributed by atoms with E-state index in [1.807, 2.05) is 0 Å². The Morgan fingerprint density at radius 3 is 2.43 bits per heavy atom. The number of hydrogen-bond acceptors (Lipinski definition) is 4. The Kier molecular flexibility index (Phi) is 5.10. The molecule has 1 fully saturated rings. The number of nitrogens with zero attached hydrogens (tertiary/aromatic N) is 1. The lowest BCUT2D eigenvalue weighted by Crippen LogP contribution is -2.32. The molecule has 2 rings (SSSR count). The molecule has 0 radical (unpaired) electrons. The number of ketones is 2. The number of halogens is 2. The van der Waals surface area contributed by atoms with Crippen LogP contribution in [0, 0.1) is 11.7 Å². The number of benzene rings is 1. The van der Waals surface area contributed by atoms with Crippen molar-refractivity contribution in [2.75, 3.05) is 17.1 Å². The predicted molar refractivity (Wildman–Crippen MR) is 86.0 cm³/mol. The van der Waals surface area contributed by atoms with Gasteiger partial charge in [0.25, 0.3) is 0 Å². The fourth-order valence-electron chi connectivity index (χ4n) is 2.37. The SMILES string of the molecule is CCN(c1c(C(=O)CC(=O)C2CC2)ccc(Cl)c1F)S(C)(=O)=O. The summed E-state index contributed by atoms with van der Waals surface area (Å²) in [5, 5.41) is -0.285. The minimum atomic E-state index is -3.80. The fourth-order valence-corrected chi connectivity index (χ4v) is 3.50. The summed E-state index contributed by atoms with van der Waals surface area (Å²) in [4.78, 5) is 24.2. The van der Waals surface area contributed by atoms with Crippen molar-refractivity contribution >= 4 is 38.9 Å². The molecule has 1 aliphatic rings. The van der Waals surface area contributed by atoms with Crippen LogP contribution in [0.5, 0.6) is 0 Å². The maximum Gasteiger partial charge on any atom is 0.232 e. The van der Waals surface area contributed by atoms with Crippen molar-refractivity contribution in [3.8, 4) is 0 Å². The van der Waals surface area contributed by atoms with Gasteiger partial charge in [0.1, 0.15) is 5.78 Å². The summed E-state index contributed by atoms with van der Waals surface area (Å²) in [6.45, 7) is 1.46. The molecule has 0 aromatic heterocycles. The number of anilines is 1. The van der Waals surface area contributed by atoms with Gasteiger partial charge in [-0.3, -0.25) is 13.9 Å². The van der Waals surface area contributed by atoms with Crippen molar-refractivity contribution in [2.45, 2.75) is 26.2 Å². The molecule has 8 heteroatoms. The average molecular weight is 362 g/mol. The average Bonchev–Trinajstić information content (AvgIpc) is 3.27. The molecule has 126 valence electrons. The van der Waals surface area contributed by atoms with Gasteiger partial charge in [0, 0.05) is 18.0 Å². The zero-order valence-corrected chi connectivity index (χ0v) is 14.4. The molecule has 0 atom stereocenters. The van der Waals surface area contributed by atoms with Crippen LogP contribution in [0.15, 0.2) is 12.1 Å². The summed E-state index contributed by atoms with van der Waals surface area (Å²) >= 11 is 5.73. The third-order valence-electron chi connectivity index (χ3n) is 3.67. The lowest BCUT2D eigenvalue weighted by Gasteiger charge is -2.24. The van der Waals surface area contributed by atoms with Gasteiger partial charge in [-0.2, -0.15) is 0 Å². The first-order chi connectivity index (χ1) is 10.7. The molecule has 0 bridgehead atoms. The summed E-state index contributed by atoms with van der Waals surface area (Å²) in [5.41, 5.74) is -0.538. The highest BCUT2D eigenvalue weighted by Gasteiger charge is 2.33. The zero-order valence-electron chi connectivity index (χ0n) is 12.8. The molecule has 0 heterocycles. The van der Waals surface area contributed by atoms with E-state index in [0.717, 1.165) is 23.4 Å². The van der Waals surface area contributed by atoms with Gasteiger partial charge in [0.15, 0.2) is 11.6 Å². The molecule has 23 heavy (non-hydrogen) atoms. The van der Waals surface area contributed by atoms with Gasteiger partial charge in [-0.25, -0.2) is 12.8 Å². The van der Waals surface area contributed by atoms with Crippen LogP contribution in [-0.2, 0) is 14.8 Å². The van der Waals surface area contributed by atoms with Crippen LogP contribution in [0.2, 0.25) is 5.02 Å². The summed E-state index contributed by atoms with van der Waals surface area (Å²) in [6, 6.07) is 2.45. The van der Waals surface area contributed by atoms with E-state index in [0.29, 0.717) is 0 Å². The highest BCUT2D eigenvalue weighted by Crippen LogP contribution is 2.34. The van der Waals surface area contributed by atoms with Crippen molar-refractivity contribution in [3.05, 3.63) is 28.5 Å². The lowest BCUT2D eigenvalue weighted by molar-refractivity contribution is -0.119. The normalized spacial score (nSPS) is 14.6. The van der Waals surface area contributed by atoms with Crippen molar-refractivity contribution in [3.63, 3.8) is 0 Å². The van der Waals surface area contributed by atoms with E-state index in [1.54, 1.807) is 0 Å². The second-order valence-corrected chi connectivity index (χ2v) is 7.84. The number of carbonyl (C=O) groups excluding carboxylic acids is 2. The number of Topliss-reactive ketones (excluding diaryl/α,β-unsaturated/α-hetero) is 2. The van der Waals surface area contributed by atoms with Crippen molar-refractivity contribution in [1.29, 1.82) is 0 Å². The quantitative estimate of drug-likeness (QED) is 0.553. The Balaban J connectivity index is 2.48. The second kappa shape index (κ2) is 6.57.